The summed E-state index contributed by atoms with van der Waals surface area (Å²) in [6, 6.07) is 16.0. The van der Waals surface area contributed by atoms with E-state index in [-0.39, 0.29) is 6.61 Å². The van der Waals surface area contributed by atoms with Gasteiger partial charge in [-0.1, -0.05) is 42.5 Å². The van der Waals surface area contributed by atoms with Crippen LogP contribution in [-0.2, 0) is 13.2 Å². The molecule has 0 aliphatic rings. The Balaban J connectivity index is 1.67. The maximum Gasteiger partial charge on any atom is 0.335 e. The molecule has 0 fully saturated rings. The van der Waals surface area contributed by atoms with Crippen LogP contribution >= 0.6 is 0 Å². The maximum atomic E-state index is 9.40. The lowest BCUT2D eigenvalue weighted by atomic mass is 10.1. The van der Waals surface area contributed by atoms with Crippen molar-refractivity contribution >= 4 is 29.6 Å². The summed E-state index contributed by atoms with van der Waals surface area (Å²) in [6.07, 6.45) is 5.63. The molecule has 6 heteroatoms. The normalized spacial score (nSPS) is 11.3. The average molecular weight is 414 g/mol. The average Bonchev–Trinajstić information content (AvgIpc) is 3.24. The van der Waals surface area contributed by atoms with E-state index in [0.717, 1.165) is 39.2 Å². The van der Waals surface area contributed by atoms with E-state index in [9.17, 15) is 5.11 Å². The second-order valence-electron chi connectivity index (χ2n) is 7.27. The highest BCUT2D eigenvalue weighted by atomic mass is 16.5. The van der Waals surface area contributed by atoms with Crippen LogP contribution in [-0.4, -0.2) is 38.5 Å². The first-order chi connectivity index (χ1) is 15.1. The molecule has 0 saturated heterocycles. The number of aliphatic hydroxyl groups excluding tert-OH is 1. The van der Waals surface area contributed by atoms with Crippen molar-refractivity contribution in [1.82, 2.24) is 15.0 Å². The van der Waals surface area contributed by atoms with Crippen LogP contribution < -0.4 is 4.74 Å². The van der Waals surface area contributed by atoms with Crippen molar-refractivity contribution in [2.75, 3.05) is 7.11 Å². The lowest BCUT2D eigenvalue weighted by molar-refractivity contribution is -0.451. The molecule has 0 aliphatic heterocycles. The van der Waals surface area contributed by atoms with Gasteiger partial charge in [-0.3, -0.25) is 0 Å². The summed E-state index contributed by atoms with van der Waals surface area (Å²) < 4.78 is 7.40. The third kappa shape index (κ3) is 4.25. The molecule has 0 spiro atoms. The number of H-pyrrole nitrogens is 1. The van der Waals surface area contributed by atoms with Crippen molar-refractivity contribution < 1.29 is 14.4 Å². The zero-order valence-corrected chi connectivity index (χ0v) is 17.7. The van der Waals surface area contributed by atoms with E-state index in [1.165, 1.54) is 11.9 Å². The number of benzene rings is 2. The van der Waals surface area contributed by atoms with Gasteiger partial charge in [-0.25, -0.2) is 4.58 Å². The minimum absolute atomic E-state index is 0.0366. The minimum atomic E-state index is -0.0366. The standard InChI is InChI=1S/C25H25N4O2/c1-4-5-17-6-8-18(9-7-17)14-29(2)25-21-13-22(28-24(21)26-16-27-25)20-11-10-19(15-30)12-23(20)31-3/h4-13,16,30H,2,14-15H2,1,3H3,(H,26,27,28)/q+1. The van der Waals surface area contributed by atoms with Gasteiger partial charge in [0.15, 0.2) is 0 Å². The fourth-order valence-corrected chi connectivity index (χ4v) is 3.60. The van der Waals surface area contributed by atoms with Crippen molar-refractivity contribution in [2.24, 2.45) is 0 Å². The second-order valence-corrected chi connectivity index (χ2v) is 7.27. The van der Waals surface area contributed by atoms with E-state index in [0.29, 0.717) is 12.3 Å². The van der Waals surface area contributed by atoms with Crippen LogP contribution in [0.2, 0.25) is 0 Å². The van der Waals surface area contributed by atoms with Crippen LogP contribution in [0.25, 0.3) is 28.4 Å². The van der Waals surface area contributed by atoms with Crippen LogP contribution in [0.5, 0.6) is 5.75 Å². The number of nitrogens with zero attached hydrogens (tertiary/aromatic N) is 3. The highest BCUT2D eigenvalue weighted by Gasteiger charge is 2.19. The number of hydrogen-bond donors (Lipinski definition) is 2. The van der Waals surface area contributed by atoms with E-state index in [1.807, 2.05) is 41.8 Å². The zero-order valence-electron chi connectivity index (χ0n) is 17.7. The van der Waals surface area contributed by atoms with Crippen LogP contribution in [0.15, 0.2) is 60.9 Å². The molecule has 31 heavy (non-hydrogen) atoms. The monoisotopic (exact) mass is 413 g/mol. The molecule has 4 aromatic rings. The molecule has 0 bridgehead atoms. The maximum absolute atomic E-state index is 9.40. The van der Waals surface area contributed by atoms with Gasteiger partial charge in [-0.15, -0.1) is 0 Å². The summed E-state index contributed by atoms with van der Waals surface area (Å²) in [7, 11) is 1.62. The fourth-order valence-electron chi connectivity index (χ4n) is 3.60. The number of aromatic nitrogens is 3. The van der Waals surface area contributed by atoms with Gasteiger partial charge in [0.05, 0.1) is 26.1 Å². The molecule has 0 atom stereocenters. The molecule has 0 unspecified atom stereocenters. The van der Waals surface area contributed by atoms with Gasteiger partial charge in [0.25, 0.3) is 0 Å². The number of allylic oxidation sites excluding steroid dienone is 1. The van der Waals surface area contributed by atoms with Crippen molar-refractivity contribution in [1.29, 1.82) is 0 Å². The van der Waals surface area contributed by atoms with Gasteiger partial charge in [0, 0.05) is 5.56 Å². The Bertz CT molecular complexity index is 1260. The fraction of sp³-hybridized carbons (Fsp3) is 0.160. The molecule has 2 heterocycles. The Hall–Kier alpha value is -3.77. The number of ether oxygens (including phenoxy) is 1. The molecule has 2 aromatic carbocycles. The molecule has 6 nitrogen and oxygen atoms in total. The largest absolute Gasteiger partial charge is 0.496 e. The van der Waals surface area contributed by atoms with E-state index in [4.69, 9.17) is 4.74 Å². The van der Waals surface area contributed by atoms with Crippen molar-refractivity contribution in [3.63, 3.8) is 0 Å². The quantitative estimate of drug-likeness (QED) is 0.340. The lowest BCUT2D eigenvalue weighted by Gasteiger charge is -2.08. The Kier molecular flexibility index (Phi) is 5.91. The zero-order chi connectivity index (χ0) is 21.8. The van der Waals surface area contributed by atoms with Gasteiger partial charge in [0.1, 0.15) is 23.3 Å². The summed E-state index contributed by atoms with van der Waals surface area (Å²) >= 11 is 0. The van der Waals surface area contributed by atoms with E-state index < -0.39 is 0 Å². The topological polar surface area (TPSA) is 74.0 Å². The van der Waals surface area contributed by atoms with Gasteiger partial charge in [-0.05, 0) is 46.8 Å². The first-order valence-electron chi connectivity index (χ1n) is 10.0. The van der Waals surface area contributed by atoms with Gasteiger partial charge >= 0.3 is 5.82 Å². The summed E-state index contributed by atoms with van der Waals surface area (Å²) in [5, 5.41) is 10.3. The predicted molar refractivity (Wildman–Crippen MR) is 124 cm³/mol. The molecule has 4 rings (SSSR count). The number of nitrogens with one attached hydrogen (secondary N) is 1. The number of aromatic amines is 1. The molecular weight excluding hydrogens is 388 g/mol. The molecule has 0 saturated carbocycles. The highest BCUT2D eigenvalue weighted by Crippen LogP contribution is 2.34. The number of hydrogen-bond acceptors (Lipinski definition) is 4. The van der Waals surface area contributed by atoms with Gasteiger partial charge in [0.2, 0.25) is 6.33 Å². The van der Waals surface area contributed by atoms with Gasteiger partial charge < -0.3 is 14.8 Å². The number of fused-ring (bicyclic) bond motifs is 1. The molecule has 0 radical (unpaired) electrons. The van der Waals surface area contributed by atoms with Crippen molar-refractivity contribution in [3.05, 3.63) is 77.6 Å². The number of methoxy groups -OCH3 is 1. The molecule has 156 valence electrons. The highest BCUT2D eigenvalue weighted by molar-refractivity contribution is 5.90. The summed E-state index contributed by atoms with van der Waals surface area (Å²) in [5.41, 5.74) is 5.59. The van der Waals surface area contributed by atoms with Crippen molar-refractivity contribution in [3.8, 4) is 17.0 Å². The summed E-state index contributed by atoms with van der Waals surface area (Å²) in [4.78, 5) is 12.2. The lowest BCUT2D eigenvalue weighted by Crippen LogP contribution is -2.05. The summed E-state index contributed by atoms with van der Waals surface area (Å²) in [5.74, 6) is 1.43. The molecule has 0 aliphatic carbocycles. The van der Waals surface area contributed by atoms with E-state index in [1.54, 1.807) is 7.11 Å². The van der Waals surface area contributed by atoms with Crippen LogP contribution in [0, 0.1) is 0 Å². The minimum Gasteiger partial charge on any atom is -0.496 e. The predicted octanol–water partition coefficient (Wildman–Crippen LogP) is 4.70. The number of rotatable bonds is 7. The van der Waals surface area contributed by atoms with Crippen molar-refractivity contribution in [2.45, 2.75) is 20.1 Å². The van der Waals surface area contributed by atoms with Crippen LogP contribution in [0.3, 0.4) is 0 Å². The molecule has 0 amide bonds. The second kappa shape index (κ2) is 8.93. The van der Waals surface area contributed by atoms with Gasteiger partial charge in [-0.2, -0.15) is 4.98 Å². The third-order valence-corrected chi connectivity index (χ3v) is 5.16. The van der Waals surface area contributed by atoms with Crippen LogP contribution in [0.4, 0.5) is 5.82 Å². The SMILES string of the molecule is C=[N+](Cc1ccc(C=CC)cc1)c1ncnc2[nH]c(-c3ccc(CO)cc3OC)cc12. The summed E-state index contributed by atoms with van der Waals surface area (Å²) in [6.45, 7) is 6.81. The smallest absolute Gasteiger partial charge is 0.335 e. The first-order valence-corrected chi connectivity index (χ1v) is 10.0. The third-order valence-electron chi connectivity index (χ3n) is 5.16. The Labute approximate surface area is 181 Å². The molecule has 2 N–H and O–H groups in total. The Morgan fingerprint density at radius 1 is 1.10 bits per heavy atom. The Morgan fingerprint density at radius 2 is 1.87 bits per heavy atom. The Morgan fingerprint density at radius 3 is 2.58 bits per heavy atom. The van der Waals surface area contributed by atoms with Crippen LogP contribution in [0.1, 0.15) is 23.6 Å². The molecular formula is C25H25N4O2+. The van der Waals surface area contributed by atoms with E-state index >= 15 is 0 Å². The first kappa shape index (κ1) is 20.5. The molecule has 2 aromatic heterocycles. The van der Waals surface area contributed by atoms with E-state index in [2.05, 4.69) is 52.0 Å². The number of aliphatic hydroxyl groups is 1.